The third-order valence-corrected chi connectivity index (χ3v) is 4.16. The zero-order valence-corrected chi connectivity index (χ0v) is 12.9. The first-order valence-corrected chi connectivity index (χ1v) is 6.93. The van der Waals surface area contributed by atoms with Crippen molar-refractivity contribution in [2.45, 2.75) is 13.3 Å². The zero-order valence-electron chi connectivity index (χ0n) is 9.13. The maximum Gasteiger partial charge on any atom is 0.264 e. The van der Waals surface area contributed by atoms with E-state index in [1.165, 1.54) is 0 Å². The maximum absolute atomic E-state index is 11.6. The molecule has 5 heteroatoms. The number of benzene rings is 1. The summed E-state index contributed by atoms with van der Waals surface area (Å²) in [7, 11) is 0. The van der Waals surface area contributed by atoms with Crippen molar-refractivity contribution in [1.82, 2.24) is 9.97 Å². The Labute approximate surface area is 121 Å². The summed E-state index contributed by atoms with van der Waals surface area (Å²) in [5.41, 5.74) is 1.84. The van der Waals surface area contributed by atoms with Gasteiger partial charge < -0.3 is 4.98 Å². The first-order chi connectivity index (χ1) is 8.06. The fourth-order valence-electron chi connectivity index (χ4n) is 1.51. The first-order valence-electron chi connectivity index (χ1n) is 5.06. The third kappa shape index (κ3) is 3.16. The molecule has 88 valence electrons. The molecule has 0 atom stereocenters. The van der Waals surface area contributed by atoms with Crippen LogP contribution >= 0.6 is 38.5 Å². The Morgan fingerprint density at radius 1 is 1.35 bits per heavy atom. The van der Waals surface area contributed by atoms with Gasteiger partial charge in [-0.3, -0.25) is 4.79 Å². The van der Waals surface area contributed by atoms with Crippen molar-refractivity contribution in [3.63, 3.8) is 0 Å². The molecule has 0 aliphatic carbocycles. The number of nitrogens with one attached hydrogen (secondary N) is 1. The molecule has 1 aromatic heterocycles. The Morgan fingerprint density at radius 3 is 2.59 bits per heavy atom. The second kappa shape index (κ2) is 5.30. The number of hydrogen-bond acceptors (Lipinski definition) is 2. The molecule has 2 aromatic rings. The fourth-order valence-corrected chi connectivity index (χ4v) is 2.03. The molecule has 0 saturated heterocycles. The van der Waals surface area contributed by atoms with Crippen LogP contribution < -0.4 is 5.56 Å². The van der Waals surface area contributed by atoms with Crippen molar-refractivity contribution in [3.8, 4) is 0 Å². The molecule has 17 heavy (non-hydrogen) atoms. The number of nitrogens with zero attached hydrogens (tertiary/aromatic N) is 1. The summed E-state index contributed by atoms with van der Waals surface area (Å²) in [5.74, 6) is 0.704. The van der Waals surface area contributed by atoms with Gasteiger partial charge in [0.25, 0.3) is 5.56 Å². The molecular formula is C12H10BrIN2O. The molecular weight excluding hydrogens is 395 g/mol. The smallest absolute Gasteiger partial charge is 0.264 e. The largest absolute Gasteiger partial charge is 0.309 e. The number of aryl methyl sites for hydroxylation is 1. The highest BCUT2D eigenvalue weighted by Crippen LogP contribution is 2.12. The van der Waals surface area contributed by atoms with E-state index in [-0.39, 0.29) is 5.56 Å². The van der Waals surface area contributed by atoms with Crippen LogP contribution in [0.3, 0.4) is 0 Å². The SMILES string of the molecule is Cc1nc(Cc2ccc(Br)cc2)[nH]c(=O)c1I. The minimum Gasteiger partial charge on any atom is -0.309 e. The van der Waals surface area contributed by atoms with Crippen molar-refractivity contribution in [2.24, 2.45) is 0 Å². The highest BCUT2D eigenvalue weighted by Gasteiger charge is 2.05. The average molecular weight is 405 g/mol. The van der Waals surface area contributed by atoms with Crippen LogP contribution in [0.2, 0.25) is 0 Å². The van der Waals surface area contributed by atoms with Gasteiger partial charge in [-0.2, -0.15) is 0 Å². The summed E-state index contributed by atoms with van der Waals surface area (Å²) in [4.78, 5) is 18.8. The summed E-state index contributed by atoms with van der Waals surface area (Å²) in [6, 6.07) is 7.98. The van der Waals surface area contributed by atoms with Gasteiger partial charge >= 0.3 is 0 Å². The van der Waals surface area contributed by atoms with E-state index in [4.69, 9.17) is 0 Å². The van der Waals surface area contributed by atoms with Crippen LogP contribution in [0.25, 0.3) is 0 Å². The molecule has 0 saturated carbocycles. The lowest BCUT2D eigenvalue weighted by atomic mass is 10.1. The van der Waals surface area contributed by atoms with Crippen molar-refractivity contribution in [3.05, 3.63) is 59.7 Å². The van der Waals surface area contributed by atoms with E-state index in [0.29, 0.717) is 15.8 Å². The molecule has 2 rings (SSSR count). The molecule has 0 amide bonds. The summed E-state index contributed by atoms with van der Waals surface area (Å²) >= 11 is 5.40. The average Bonchev–Trinajstić information content (AvgIpc) is 2.29. The molecule has 0 aliphatic heterocycles. The van der Waals surface area contributed by atoms with Crippen LogP contribution in [0.5, 0.6) is 0 Å². The predicted octanol–water partition coefficient (Wildman–Crippen LogP) is 3.04. The van der Waals surface area contributed by atoms with Gasteiger partial charge in [0.15, 0.2) is 0 Å². The van der Waals surface area contributed by atoms with Crippen LogP contribution in [0.4, 0.5) is 0 Å². The van der Waals surface area contributed by atoms with E-state index in [9.17, 15) is 4.79 Å². The third-order valence-electron chi connectivity index (χ3n) is 2.36. The van der Waals surface area contributed by atoms with Crippen LogP contribution in [0.1, 0.15) is 17.1 Å². The summed E-state index contributed by atoms with van der Waals surface area (Å²) in [5, 5.41) is 0. The van der Waals surface area contributed by atoms with E-state index >= 15 is 0 Å². The topological polar surface area (TPSA) is 45.8 Å². The van der Waals surface area contributed by atoms with Gasteiger partial charge in [-0.05, 0) is 47.2 Å². The second-order valence-electron chi connectivity index (χ2n) is 3.72. The Kier molecular flexibility index (Phi) is 3.98. The maximum atomic E-state index is 11.6. The van der Waals surface area contributed by atoms with Gasteiger partial charge in [0.05, 0.1) is 9.26 Å². The highest BCUT2D eigenvalue weighted by molar-refractivity contribution is 14.1. The van der Waals surface area contributed by atoms with Gasteiger partial charge in [0.1, 0.15) is 5.82 Å². The molecule has 0 bridgehead atoms. The monoisotopic (exact) mass is 404 g/mol. The lowest BCUT2D eigenvalue weighted by Crippen LogP contribution is -2.16. The highest BCUT2D eigenvalue weighted by atomic mass is 127. The van der Waals surface area contributed by atoms with E-state index in [1.54, 1.807) is 0 Å². The van der Waals surface area contributed by atoms with Crippen molar-refractivity contribution in [2.75, 3.05) is 0 Å². The van der Waals surface area contributed by atoms with E-state index < -0.39 is 0 Å². The van der Waals surface area contributed by atoms with E-state index in [2.05, 4.69) is 25.9 Å². The number of halogens is 2. The molecule has 0 spiro atoms. The van der Waals surface area contributed by atoms with Gasteiger partial charge in [-0.1, -0.05) is 28.1 Å². The Morgan fingerprint density at radius 2 is 2.00 bits per heavy atom. The standard InChI is InChI=1S/C12H10BrIN2O/c1-7-11(14)12(17)16-10(15-7)6-8-2-4-9(13)5-3-8/h2-5H,6H2,1H3,(H,15,16,17). The molecule has 3 nitrogen and oxygen atoms in total. The minimum absolute atomic E-state index is 0.0646. The molecule has 0 unspecified atom stereocenters. The molecule has 1 N–H and O–H groups in total. The number of hydrogen-bond donors (Lipinski definition) is 1. The number of aromatic nitrogens is 2. The Hall–Kier alpha value is -0.690. The molecule has 0 fully saturated rings. The zero-order chi connectivity index (χ0) is 12.4. The molecule has 0 radical (unpaired) electrons. The van der Waals surface area contributed by atoms with Crippen LogP contribution in [0.15, 0.2) is 33.5 Å². The lowest BCUT2D eigenvalue weighted by Gasteiger charge is -2.04. The van der Waals surface area contributed by atoms with Crippen molar-refractivity contribution < 1.29 is 0 Å². The summed E-state index contributed by atoms with van der Waals surface area (Å²) in [6.07, 6.45) is 0.639. The fraction of sp³-hybridized carbons (Fsp3) is 0.167. The van der Waals surface area contributed by atoms with Crippen molar-refractivity contribution >= 4 is 38.5 Å². The normalized spacial score (nSPS) is 10.5. The van der Waals surface area contributed by atoms with E-state index in [0.717, 1.165) is 15.7 Å². The molecule has 1 heterocycles. The Bertz CT molecular complexity index is 592. The lowest BCUT2D eigenvalue weighted by molar-refractivity contribution is 0.910. The quantitative estimate of drug-likeness (QED) is 0.782. The van der Waals surface area contributed by atoms with Gasteiger partial charge in [-0.25, -0.2) is 4.98 Å². The Balaban J connectivity index is 2.30. The molecule has 0 aliphatic rings. The van der Waals surface area contributed by atoms with E-state index in [1.807, 2.05) is 53.8 Å². The number of rotatable bonds is 2. The predicted molar refractivity (Wildman–Crippen MR) is 79.3 cm³/mol. The first kappa shape index (κ1) is 12.8. The van der Waals surface area contributed by atoms with Crippen LogP contribution in [0, 0.1) is 10.5 Å². The second-order valence-corrected chi connectivity index (χ2v) is 5.71. The van der Waals surface area contributed by atoms with Crippen LogP contribution in [-0.4, -0.2) is 9.97 Å². The van der Waals surface area contributed by atoms with Gasteiger partial charge in [-0.15, -0.1) is 0 Å². The number of H-pyrrole nitrogens is 1. The van der Waals surface area contributed by atoms with Crippen molar-refractivity contribution in [1.29, 1.82) is 0 Å². The molecule has 1 aromatic carbocycles. The number of aromatic amines is 1. The van der Waals surface area contributed by atoms with Gasteiger partial charge in [0.2, 0.25) is 0 Å². The summed E-state index contributed by atoms with van der Waals surface area (Å²) in [6.45, 7) is 1.85. The summed E-state index contributed by atoms with van der Waals surface area (Å²) < 4.78 is 1.70. The van der Waals surface area contributed by atoms with Crippen LogP contribution in [-0.2, 0) is 6.42 Å². The minimum atomic E-state index is -0.0646. The van der Waals surface area contributed by atoms with Gasteiger partial charge in [0, 0.05) is 10.9 Å².